The first kappa shape index (κ1) is 11.8. The molecule has 1 atom stereocenters. The lowest BCUT2D eigenvalue weighted by molar-refractivity contribution is -0.231. The van der Waals surface area contributed by atoms with Gasteiger partial charge in [-0.05, 0) is 31.6 Å². The van der Waals surface area contributed by atoms with E-state index < -0.39 is 18.2 Å². The van der Waals surface area contributed by atoms with Gasteiger partial charge in [0.1, 0.15) is 0 Å². The Morgan fingerprint density at radius 1 is 1.21 bits per heavy atom. The number of methoxy groups -OCH3 is 1. The van der Waals surface area contributed by atoms with Crippen molar-refractivity contribution >= 4 is 0 Å². The molecule has 1 aliphatic rings. The Balaban J connectivity index is 2.54. The van der Waals surface area contributed by atoms with Gasteiger partial charge in [-0.3, -0.25) is 0 Å². The van der Waals surface area contributed by atoms with Crippen LogP contribution in [-0.4, -0.2) is 25.4 Å². The smallest absolute Gasteiger partial charge is 0.372 e. The minimum Gasteiger partial charge on any atom is -0.372 e. The van der Waals surface area contributed by atoms with E-state index in [1.807, 2.05) is 0 Å². The number of alkyl halides is 3. The first-order chi connectivity index (χ1) is 6.45. The highest BCUT2D eigenvalue weighted by Gasteiger charge is 2.45. The zero-order valence-electron chi connectivity index (χ0n) is 8.18. The summed E-state index contributed by atoms with van der Waals surface area (Å²) in [6, 6.07) is 0.0667. The third kappa shape index (κ3) is 2.85. The molecule has 84 valence electrons. The molecule has 2 N–H and O–H groups in total. The maximum atomic E-state index is 12.4. The van der Waals surface area contributed by atoms with Crippen LogP contribution < -0.4 is 5.73 Å². The summed E-state index contributed by atoms with van der Waals surface area (Å²) in [5, 5.41) is 0. The number of ether oxygens (including phenoxy) is 1. The van der Waals surface area contributed by atoms with E-state index >= 15 is 0 Å². The summed E-state index contributed by atoms with van der Waals surface area (Å²) < 4.78 is 41.9. The van der Waals surface area contributed by atoms with Crippen LogP contribution in [0.2, 0.25) is 0 Å². The van der Waals surface area contributed by atoms with Crippen molar-refractivity contribution in [2.75, 3.05) is 7.11 Å². The van der Waals surface area contributed by atoms with Gasteiger partial charge in [-0.1, -0.05) is 0 Å². The molecule has 1 aliphatic carbocycles. The SMILES string of the molecule is COC(C1CCC(N)CC1)C(F)(F)F. The molecule has 0 aliphatic heterocycles. The van der Waals surface area contributed by atoms with E-state index in [4.69, 9.17) is 5.73 Å². The van der Waals surface area contributed by atoms with Crippen LogP contribution in [0, 0.1) is 5.92 Å². The van der Waals surface area contributed by atoms with Gasteiger partial charge in [0.2, 0.25) is 0 Å². The van der Waals surface area contributed by atoms with Crippen LogP contribution in [-0.2, 0) is 4.74 Å². The van der Waals surface area contributed by atoms with Gasteiger partial charge in [0.25, 0.3) is 0 Å². The molecule has 2 nitrogen and oxygen atoms in total. The molecule has 14 heavy (non-hydrogen) atoms. The van der Waals surface area contributed by atoms with Crippen LogP contribution in [0.1, 0.15) is 25.7 Å². The molecule has 0 bridgehead atoms. The summed E-state index contributed by atoms with van der Waals surface area (Å²) in [7, 11) is 1.12. The van der Waals surface area contributed by atoms with Crippen molar-refractivity contribution in [2.24, 2.45) is 11.7 Å². The highest BCUT2D eigenvalue weighted by atomic mass is 19.4. The average molecular weight is 211 g/mol. The molecule has 0 spiro atoms. The van der Waals surface area contributed by atoms with Crippen molar-refractivity contribution in [3.8, 4) is 0 Å². The quantitative estimate of drug-likeness (QED) is 0.759. The van der Waals surface area contributed by atoms with Crippen molar-refractivity contribution in [1.29, 1.82) is 0 Å². The maximum Gasteiger partial charge on any atom is 0.414 e. The van der Waals surface area contributed by atoms with Crippen molar-refractivity contribution in [3.63, 3.8) is 0 Å². The van der Waals surface area contributed by atoms with Gasteiger partial charge >= 0.3 is 6.18 Å². The number of rotatable bonds is 2. The number of halogens is 3. The Labute approximate surface area is 81.6 Å². The normalized spacial score (nSPS) is 31.5. The Morgan fingerprint density at radius 3 is 2.07 bits per heavy atom. The lowest BCUT2D eigenvalue weighted by Gasteiger charge is -2.32. The lowest BCUT2D eigenvalue weighted by Crippen LogP contribution is -2.41. The molecular formula is C9H16F3NO. The van der Waals surface area contributed by atoms with E-state index in [0.717, 1.165) is 7.11 Å². The Hall–Kier alpha value is -0.290. The zero-order valence-corrected chi connectivity index (χ0v) is 8.18. The third-order valence-corrected chi connectivity index (χ3v) is 2.82. The summed E-state index contributed by atoms with van der Waals surface area (Å²) in [5.41, 5.74) is 5.63. The average Bonchev–Trinajstić information content (AvgIpc) is 2.07. The summed E-state index contributed by atoms with van der Waals surface area (Å²) in [6.45, 7) is 0. The second kappa shape index (κ2) is 4.49. The third-order valence-electron chi connectivity index (χ3n) is 2.82. The van der Waals surface area contributed by atoms with Gasteiger partial charge < -0.3 is 10.5 Å². The molecule has 0 radical (unpaired) electrons. The van der Waals surface area contributed by atoms with E-state index in [2.05, 4.69) is 4.74 Å². The van der Waals surface area contributed by atoms with Crippen LogP contribution in [0.4, 0.5) is 13.2 Å². The maximum absolute atomic E-state index is 12.4. The summed E-state index contributed by atoms with van der Waals surface area (Å²) in [4.78, 5) is 0. The fourth-order valence-corrected chi connectivity index (χ4v) is 2.04. The van der Waals surface area contributed by atoms with Crippen molar-refractivity contribution < 1.29 is 17.9 Å². The summed E-state index contributed by atoms with van der Waals surface area (Å²) in [5.74, 6) is -0.417. The van der Waals surface area contributed by atoms with Crippen molar-refractivity contribution in [3.05, 3.63) is 0 Å². The van der Waals surface area contributed by atoms with Gasteiger partial charge in [0.15, 0.2) is 6.10 Å². The first-order valence-corrected chi connectivity index (χ1v) is 4.80. The fourth-order valence-electron chi connectivity index (χ4n) is 2.04. The molecule has 0 aromatic carbocycles. The Bertz CT molecular complexity index is 175. The molecule has 0 amide bonds. The predicted octanol–water partition coefficient (Wildman–Crippen LogP) is 2.08. The second-order valence-corrected chi connectivity index (χ2v) is 3.87. The number of hydrogen-bond donors (Lipinski definition) is 1. The molecule has 0 aromatic heterocycles. The molecule has 0 saturated heterocycles. The van der Waals surface area contributed by atoms with E-state index in [1.54, 1.807) is 0 Å². The standard InChI is InChI=1S/C9H16F3NO/c1-14-8(9(10,11)12)6-2-4-7(13)5-3-6/h6-8H,2-5,13H2,1H3. The monoisotopic (exact) mass is 211 g/mol. The van der Waals surface area contributed by atoms with Gasteiger partial charge in [-0.25, -0.2) is 0 Å². The molecule has 1 fully saturated rings. The molecule has 1 unspecified atom stereocenters. The van der Waals surface area contributed by atoms with E-state index in [-0.39, 0.29) is 6.04 Å². The van der Waals surface area contributed by atoms with Crippen molar-refractivity contribution in [1.82, 2.24) is 0 Å². The van der Waals surface area contributed by atoms with Crippen LogP contribution in [0.5, 0.6) is 0 Å². The second-order valence-electron chi connectivity index (χ2n) is 3.87. The Kier molecular flexibility index (Phi) is 3.78. The highest BCUT2D eigenvalue weighted by molar-refractivity contribution is 4.83. The molecular weight excluding hydrogens is 195 g/mol. The topological polar surface area (TPSA) is 35.2 Å². The number of hydrogen-bond acceptors (Lipinski definition) is 2. The summed E-state index contributed by atoms with van der Waals surface area (Å²) >= 11 is 0. The van der Waals surface area contributed by atoms with Crippen LogP contribution in [0.25, 0.3) is 0 Å². The van der Waals surface area contributed by atoms with Crippen molar-refractivity contribution in [2.45, 2.75) is 44.0 Å². The van der Waals surface area contributed by atoms with Crippen LogP contribution >= 0.6 is 0 Å². The molecule has 1 saturated carbocycles. The van der Waals surface area contributed by atoms with Gasteiger partial charge in [0.05, 0.1) is 0 Å². The van der Waals surface area contributed by atoms with E-state index in [1.165, 1.54) is 0 Å². The number of nitrogens with two attached hydrogens (primary N) is 1. The Morgan fingerprint density at radius 2 is 1.71 bits per heavy atom. The minimum absolute atomic E-state index is 0.0667. The van der Waals surface area contributed by atoms with E-state index in [0.29, 0.717) is 25.7 Å². The first-order valence-electron chi connectivity index (χ1n) is 4.80. The minimum atomic E-state index is -4.25. The summed E-state index contributed by atoms with van der Waals surface area (Å²) in [6.07, 6.45) is -3.50. The van der Waals surface area contributed by atoms with Gasteiger partial charge in [-0.15, -0.1) is 0 Å². The van der Waals surface area contributed by atoms with Crippen LogP contribution in [0.3, 0.4) is 0 Å². The predicted molar refractivity (Wildman–Crippen MR) is 46.8 cm³/mol. The molecule has 0 heterocycles. The fraction of sp³-hybridized carbons (Fsp3) is 1.00. The lowest BCUT2D eigenvalue weighted by atomic mass is 9.83. The van der Waals surface area contributed by atoms with Gasteiger partial charge in [-0.2, -0.15) is 13.2 Å². The van der Waals surface area contributed by atoms with Crippen LogP contribution in [0.15, 0.2) is 0 Å². The molecule has 5 heteroatoms. The molecule has 1 rings (SSSR count). The largest absolute Gasteiger partial charge is 0.414 e. The highest BCUT2D eigenvalue weighted by Crippen LogP contribution is 2.35. The zero-order chi connectivity index (χ0) is 10.8. The van der Waals surface area contributed by atoms with Gasteiger partial charge in [0, 0.05) is 13.2 Å². The molecule has 0 aromatic rings. The van der Waals surface area contributed by atoms with E-state index in [9.17, 15) is 13.2 Å².